The molecule has 0 aliphatic carbocycles. The van der Waals surface area contributed by atoms with E-state index in [1.165, 1.54) is 24.3 Å². The van der Waals surface area contributed by atoms with E-state index in [-0.39, 0.29) is 36.6 Å². The van der Waals surface area contributed by atoms with Gasteiger partial charge in [0, 0.05) is 12.2 Å². The minimum absolute atomic E-state index is 0. The molecule has 2 amide bonds. The van der Waals surface area contributed by atoms with Crippen LogP contribution < -0.4 is 16.0 Å². The molecule has 8 heteroatoms. The Morgan fingerprint density at radius 3 is 2.67 bits per heavy atom. The summed E-state index contributed by atoms with van der Waals surface area (Å²) in [5.74, 6) is -1.03. The second-order valence-electron chi connectivity index (χ2n) is 4.35. The lowest BCUT2D eigenvalue weighted by Gasteiger charge is -2.22. The molecule has 1 aliphatic heterocycles. The molecule has 1 saturated heterocycles. The third-order valence-corrected chi connectivity index (χ3v) is 2.79. The number of anilines is 1. The number of morpholine rings is 1. The smallest absolute Gasteiger partial charge is 0.243 e. The largest absolute Gasteiger partial charge is 0.378 e. The molecule has 21 heavy (non-hydrogen) atoms. The molecule has 1 atom stereocenters. The van der Waals surface area contributed by atoms with Crippen molar-refractivity contribution < 1.29 is 18.7 Å². The van der Waals surface area contributed by atoms with Crippen LogP contribution in [0, 0.1) is 5.82 Å². The molecule has 116 valence electrons. The summed E-state index contributed by atoms with van der Waals surface area (Å²) >= 11 is 0. The van der Waals surface area contributed by atoms with Gasteiger partial charge in [-0.2, -0.15) is 0 Å². The van der Waals surface area contributed by atoms with Gasteiger partial charge in [0.05, 0.1) is 19.8 Å². The highest BCUT2D eigenvalue weighted by atomic mass is 35.5. The van der Waals surface area contributed by atoms with Gasteiger partial charge in [-0.1, -0.05) is 0 Å². The third-order valence-electron chi connectivity index (χ3n) is 2.79. The zero-order chi connectivity index (χ0) is 14.4. The minimum atomic E-state index is -0.428. The lowest BCUT2D eigenvalue weighted by atomic mass is 10.2. The van der Waals surface area contributed by atoms with E-state index >= 15 is 0 Å². The van der Waals surface area contributed by atoms with Crippen LogP contribution in [0.15, 0.2) is 24.3 Å². The second-order valence-corrected chi connectivity index (χ2v) is 4.35. The van der Waals surface area contributed by atoms with Crippen molar-refractivity contribution in [2.24, 2.45) is 0 Å². The molecular formula is C13H17ClFN3O3. The predicted molar refractivity (Wildman–Crippen MR) is 77.9 cm³/mol. The van der Waals surface area contributed by atoms with Crippen LogP contribution in [0.2, 0.25) is 0 Å². The number of hydrogen-bond acceptors (Lipinski definition) is 4. The van der Waals surface area contributed by atoms with E-state index in [4.69, 9.17) is 4.74 Å². The summed E-state index contributed by atoms with van der Waals surface area (Å²) in [6, 6.07) is 4.97. The monoisotopic (exact) mass is 317 g/mol. The first kappa shape index (κ1) is 17.4. The van der Waals surface area contributed by atoms with Gasteiger partial charge in [-0.05, 0) is 24.3 Å². The van der Waals surface area contributed by atoms with Crippen molar-refractivity contribution in [2.45, 2.75) is 6.04 Å². The summed E-state index contributed by atoms with van der Waals surface area (Å²) < 4.78 is 17.9. The van der Waals surface area contributed by atoms with Crippen molar-refractivity contribution in [3.8, 4) is 0 Å². The van der Waals surface area contributed by atoms with Crippen LogP contribution in [0.1, 0.15) is 0 Å². The number of amides is 2. The molecular weight excluding hydrogens is 301 g/mol. The number of carbonyl (C=O) groups excluding carboxylic acids is 2. The van der Waals surface area contributed by atoms with Gasteiger partial charge in [0.2, 0.25) is 11.8 Å². The number of ether oxygens (including phenoxy) is 1. The fourth-order valence-electron chi connectivity index (χ4n) is 1.76. The van der Waals surface area contributed by atoms with Gasteiger partial charge in [0.25, 0.3) is 0 Å². The van der Waals surface area contributed by atoms with E-state index < -0.39 is 6.04 Å². The maximum atomic E-state index is 12.7. The molecule has 1 unspecified atom stereocenters. The van der Waals surface area contributed by atoms with Crippen LogP contribution in [0.25, 0.3) is 0 Å². The Kier molecular flexibility index (Phi) is 7.07. The molecule has 0 spiro atoms. The highest BCUT2D eigenvalue weighted by molar-refractivity contribution is 5.95. The van der Waals surface area contributed by atoms with Gasteiger partial charge < -0.3 is 20.7 Å². The Morgan fingerprint density at radius 1 is 1.33 bits per heavy atom. The lowest BCUT2D eigenvalue weighted by molar-refractivity contribution is -0.128. The highest BCUT2D eigenvalue weighted by Crippen LogP contribution is 2.07. The van der Waals surface area contributed by atoms with Crippen molar-refractivity contribution in [1.29, 1.82) is 0 Å². The molecule has 0 aromatic heterocycles. The van der Waals surface area contributed by atoms with Crippen LogP contribution >= 0.6 is 12.4 Å². The van der Waals surface area contributed by atoms with Gasteiger partial charge >= 0.3 is 0 Å². The Labute approximate surface area is 127 Å². The lowest BCUT2D eigenvalue weighted by Crippen LogP contribution is -2.52. The van der Waals surface area contributed by atoms with Crippen LogP contribution in [-0.4, -0.2) is 44.2 Å². The van der Waals surface area contributed by atoms with Gasteiger partial charge in [0.1, 0.15) is 11.9 Å². The molecule has 0 radical (unpaired) electrons. The van der Waals surface area contributed by atoms with Crippen molar-refractivity contribution in [1.82, 2.24) is 10.6 Å². The molecule has 3 N–H and O–H groups in total. The van der Waals surface area contributed by atoms with E-state index in [2.05, 4.69) is 16.0 Å². The maximum absolute atomic E-state index is 12.7. The van der Waals surface area contributed by atoms with E-state index in [1.54, 1.807) is 0 Å². The highest BCUT2D eigenvalue weighted by Gasteiger charge is 2.21. The SMILES string of the molecule is Cl.O=C(CNC(=O)C1COCCN1)Nc1ccc(F)cc1. The Hall–Kier alpha value is -1.70. The molecule has 1 aromatic rings. The topological polar surface area (TPSA) is 79.5 Å². The average Bonchev–Trinajstić information content (AvgIpc) is 2.48. The van der Waals surface area contributed by atoms with E-state index in [9.17, 15) is 14.0 Å². The van der Waals surface area contributed by atoms with Gasteiger partial charge in [0.15, 0.2) is 0 Å². The van der Waals surface area contributed by atoms with Gasteiger partial charge in [-0.3, -0.25) is 9.59 Å². The molecule has 1 fully saturated rings. The number of benzene rings is 1. The van der Waals surface area contributed by atoms with Crippen molar-refractivity contribution in [3.05, 3.63) is 30.1 Å². The van der Waals surface area contributed by atoms with Gasteiger partial charge in [-0.15, -0.1) is 12.4 Å². The second kappa shape index (κ2) is 8.56. The molecule has 6 nitrogen and oxygen atoms in total. The summed E-state index contributed by atoms with van der Waals surface area (Å²) in [4.78, 5) is 23.3. The summed E-state index contributed by atoms with van der Waals surface area (Å²) in [6.45, 7) is 1.34. The first-order valence-corrected chi connectivity index (χ1v) is 6.29. The first-order valence-electron chi connectivity index (χ1n) is 6.29. The fraction of sp³-hybridized carbons (Fsp3) is 0.385. The van der Waals surface area contributed by atoms with Crippen LogP contribution in [0.3, 0.4) is 0 Å². The zero-order valence-electron chi connectivity index (χ0n) is 11.2. The minimum Gasteiger partial charge on any atom is -0.378 e. The average molecular weight is 318 g/mol. The predicted octanol–water partition coefficient (Wildman–Crippen LogP) is 0.291. The third kappa shape index (κ3) is 5.66. The fourth-order valence-corrected chi connectivity index (χ4v) is 1.76. The van der Waals surface area contributed by atoms with Crippen molar-refractivity contribution in [2.75, 3.05) is 31.6 Å². The Balaban J connectivity index is 0.00000220. The van der Waals surface area contributed by atoms with Crippen molar-refractivity contribution in [3.63, 3.8) is 0 Å². The number of rotatable bonds is 4. The molecule has 2 rings (SSSR count). The van der Waals surface area contributed by atoms with Crippen molar-refractivity contribution >= 4 is 29.9 Å². The number of halogens is 2. The number of carbonyl (C=O) groups is 2. The number of nitrogens with one attached hydrogen (secondary N) is 3. The standard InChI is InChI=1S/C13H16FN3O3.ClH/c14-9-1-3-10(4-2-9)17-12(18)7-16-13(19)11-8-20-6-5-15-11;/h1-4,11,15H,5-8H2,(H,16,19)(H,17,18);1H. The van der Waals surface area contributed by atoms with Crippen LogP contribution in [0.5, 0.6) is 0 Å². The maximum Gasteiger partial charge on any atom is 0.243 e. The molecule has 0 bridgehead atoms. The number of hydrogen-bond donors (Lipinski definition) is 3. The Morgan fingerprint density at radius 2 is 2.05 bits per heavy atom. The van der Waals surface area contributed by atoms with Crippen LogP contribution in [-0.2, 0) is 14.3 Å². The zero-order valence-corrected chi connectivity index (χ0v) is 12.0. The normalized spacial score (nSPS) is 17.5. The molecule has 0 saturated carbocycles. The summed E-state index contributed by atoms with van der Waals surface area (Å²) in [5, 5.41) is 8.06. The molecule has 1 aliphatic rings. The quantitative estimate of drug-likeness (QED) is 0.746. The van der Waals surface area contributed by atoms with Crippen LogP contribution in [0.4, 0.5) is 10.1 Å². The van der Waals surface area contributed by atoms with E-state index in [0.717, 1.165) is 0 Å². The summed E-state index contributed by atoms with van der Waals surface area (Å²) in [5.41, 5.74) is 0.477. The Bertz CT molecular complexity index is 478. The first-order chi connectivity index (χ1) is 9.65. The van der Waals surface area contributed by atoms with Gasteiger partial charge in [-0.25, -0.2) is 4.39 Å². The van der Waals surface area contributed by atoms with E-state index in [1.807, 2.05) is 0 Å². The summed E-state index contributed by atoms with van der Waals surface area (Å²) in [7, 11) is 0. The summed E-state index contributed by atoms with van der Waals surface area (Å²) in [6.07, 6.45) is 0. The molecule has 1 heterocycles. The van der Waals surface area contributed by atoms with E-state index in [0.29, 0.717) is 25.4 Å². The molecule has 1 aromatic carbocycles.